The van der Waals surface area contributed by atoms with Crippen LogP contribution in [0.2, 0.25) is 5.02 Å². The molecule has 2 atom stereocenters. The van der Waals surface area contributed by atoms with E-state index in [1.165, 1.54) is 23.4 Å². The van der Waals surface area contributed by atoms with Gasteiger partial charge >= 0.3 is 0 Å². The van der Waals surface area contributed by atoms with Crippen molar-refractivity contribution in [3.8, 4) is 0 Å². The highest BCUT2D eigenvalue weighted by atomic mass is 35.5. The molecule has 2 aromatic carbocycles. The maximum absolute atomic E-state index is 13.0. The van der Waals surface area contributed by atoms with Gasteiger partial charge in [0.1, 0.15) is 6.04 Å². The lowest BCUT2D eigenvalue weighted by Gasteiger charge is -2.31. The summed E-state index contributed by atoms with van der Waals surface area (Å²) in [4.78, 5) is 35.5. The molecular weight excluding hydrogens is 498 g/mol. The summed E-state index contributed by atoms with van der Waals surface area (Å²) in [7, 11) is -3.72. The van der Waals surface area contributed by atoms with E-state index in [1.807, 2.05) is 6.92 Å². The number of rotatable bonds is 8. The fourth-order valence-corrected chi connectivity index (χ4v) is 5.29. The van der Waals surface area contributed by atoms with Crippen molar-refractivity contribution < 1.29 is 22.9 Å². The number of nitrogens with one attached hydrogen (secondary N) is 3. The SMILES string of the molecule is Cc1ccc(S(=O)(=O)N2CCC[C@@H](C(=O)NN[C@@H](C)C(=O)Nc3ccc([N+](=O)[O-])cc3Cl)C2)cc1. The number of carbonyl (C=O) groups excluding carboxylic acids is 2. The van der Waals surface area contributed by atoms with Crippen LogP contribution in [0.15, 0.2) is 47.4 Å². The largest absolute Gasteiger partial charge is 0.323 e. The molecule has 0 unspecified atom stereocenters. The number of nitro benzene ring substituents is 1. The Kier molecular flexibility index (Phi) is 8.43. The van der Waals surface area contributed by atoms with Crippen LogP contribution < -0.4 is 16.2 Å². The number of hydrogen-bond acceptors (Lipinski definition) is 7. The Labute approximate surface area is 208 Å². The third-order valence-electron chi connectivity index (χ3n) is 5.64. The van der Waals surface area contributed by atoms with Crippen molar-refractivity contribution in [2.45, 2.75) is 37.6 Å². The Morgan fingerprint density at radius 3 is 2.51 bits per heavy atom. The van der Waals surface area contributed by atoms with Gasteiger partial charge in [-0.15, -0.1) is 0 Å². The first-order valence-electron chi connectivity index (χ1n) is 10.9. The molecule has 1 aliphatic heterocycles. The highest BCUT2D eigenvalue weighted by Crippen LogP contribution is 2.27. The lowest BCUT2D eigenvalue weighted by molar-refractivity contribution is -0.384. The van der Waals surface area contributed by atoms with Crippen LogP contribution in [0.4, 0.5) is 11.4 Å². The number of hydrogen-bond donors (Lipinski definition) is 3. The van der Waals surface area contributed by atoms with Gasteiger partial charge in [-0.3, -0.25) is 25.1 Å². The van der Waals surface area contributed by atoms with Gasteiger partial charge in [-0.2, -0.15) is 4.31 Å². The average Bonchev–Trinajstić information content (AvgIpc) is 2.83. The monoisotopic (exact) mass is 523 g/mol. The number of piperidine rings is 1. The van der Waals surface area contributed by atoms with Crippen LogP contribution in [-0.2, 0) is 19.6 Å². The lowest BCUT2D eigenvalue weighted by Crippen LogP contribution is -2.52. The summed E-state index contributed by atoms with van der Waals surface area (Å²) in [6.45, 7) is 3.72. The molecule has 188 valence electrons. The number of anilines is 1. The van der Waals surface area contributed by atoms with E-state index < -0.39 is 38.7 Å². The van der Waals surface area contributed by atoms with Gasteiger partial charge in [-0.05, 0) is 44.9 Å². The zero-order chi connectivity index (χ0) is 25.8. The van der Waals surface area contributed by atoms with Crippen molar-refractivity contribution in [1.29, 1.82) is 0 Å². The van der Waals surface area contributed by atoms with Crippen LogP contribution in [0.5, 0.6) is 0 Å². The molecular formula is C22H26ClN5O6S. The van der Waals surface area contributed by atoms with Gasteiger partial charge in [-0.1, -0.05) is 29.3 Å². The van der Waals surface area contributed by atoms with Crippen LogP contribution in [0.1, 0.15) is 25.3 Å². The van der Waals surface area contributed by atoms with Crippen LogP contribution >= 0.6 is 11.6 Å². The Morgan fingerprint density at radius 2 is 1.89 bits per heavy atom. The van der Waals surface area contributed by atoms with E-state index in [-0.39, 0.29) is 27.8 Å². The number of halogens is 1. The Bertz CT molecular complexity index is 1220. The molecule has 3 rings (SSSR count). The van der Waals surface area contributed by atoms with E-state index >= 15 is 0 Å². The number of aryl methyl sites for hydroxylation is 1. The minimum absolute atomic E-state index is 0.000804. The van der Waals surface area contributed by atoms with Crippen molar-refractivity contribution >= 4 is 44.8 Å². The van der Waals surface area contributed by atoms with Crippen LogP contribution in [0.3, 0.4) is 0 Å². The van der Waals surface area contributed by atoms with Gasteiger partial charge < -0.3 is 5.32 Å². The molecule has 0 spiro atoms. The van der Waals surface area contributed by atoms with Crippen molar-refractivity contribution in [3.63, 3.8) is 0 Å². The second-order valence-corrected chi connectivity index (χ2v) is 10.6. The van der Waals surface area contributed by atoms with Gasteiger partial charge in [0.15, 0.2) is 0 Å². The fourth-order valence-electron chi connectivity index (χ4n) is 3.54. The van der Waals surface area contributed by atoms with E-state index in [0.29, 0.717) is 19.4 Å². The molecule has 0 aliphatic carbocycles. The van der Waals surface area contributed by atoms with Gasteiger partial charge in [0.2, 0.25) is 21.8 Å². The summed E-state index contributed by atoms with van der Waals surface area (Å²) in [5, 5.41) is 13.3. The molecule has 0 radical (unpaired) electrons. The highest BCUT2D eigenvalue weighted by molar-refractivity contribution is 7.89. The maximum Gasteiger partial charge on any atom is 0.271 e. The lowest BCUT2D eigenvalue weighted by atomic mass is 9.99. The molecule has 11 nitrogen and oxygen atoms in total. The van der Waals surface area contributed by atoms with Gasteiger partial charge in [-0.25, -0.2) is 13.8 Å². The average molecular weight is 524 g/mol. The number of nitro groups is 1. The molecule has 13 heteroatoms. The Hall–Kier alpha value is -3.06. The van der Waals surface area contributed by atoms with E-state index in [9.17, 15) is 28.1 Å². The number of carbonyl (C=O) groups is 2. The number of sulfonamides is 1. The van der Waals surface area contributed by atoms with Crippen molar-refractivity contribution in [2.24, 2.45) is 5.92 Å². The summed E-state index contributed by atoms with van der Waals surface area (Å²) < 4.78 is 27.2. The van der Waals surface area contributed by atoms with Crippen LogP contribution in [0, 0.1) is 23.0 Å². The molecule has 1 saturated heterocycles. The summed E-state index contributed by atoms with van der Waals surface area (Å²) in [5.41, 5.74) is 6.01. The number of hydrazine groups is 1. The molecule has 0 bridgehead atoms. The number of amides is 2. The molecule has 1 heterocycles. The van der Waals surface area contributed by atoms with E-state index in [4.69, 9.17) is 11.6 Å². The predicted octanol–water partition coefficient (Wildman–Crippen LogP) is 2.61. The highest BCUT2D eigenvalue weighted by Gasteiger charge is 2.33. The number of benzene rings is 2. The molecule has 2 amide bonds. The van der Waals surface area contributed by atoms with E-state index in [0.717, 1.165) is 11.6 Å². The zero-order valence-corrected chi connectivity index (χ0v) is 20.7. The summed E-state index contributed by atoms with van der Waals surface area (Å²) in [6.07, 6.45) is 1.03. The smallest absolute Gasteiger partial charge is 0.271 e. The maximum atomic E-state index is 13.0. The molecule has 2 aromatic rings. The van der Waals surface area contributed by atoms with Gasteiger partial charge in [0.05, 0.1) is 26.4 Å². The van der Waals surface area contributed by atoms with Crippen molar-refractivity contribution in [2.75, 3.05) is 18.4 Å². The minimum atomic E-state index is -3.72. The summed E-state index contributed by atoms with van der Waals surface area (Å²) in [5.74, 6) is -1.55. The van der Waals surface area contributed by atoms with Crippen molar-refractivity contribution in [1.82, 2.24) is 15.2 Å². The fraction of sp³-hybridized carbons (Fsp3) is 0.364. The minimum Gasteiger partial charge on any atom is -0.323 e. The molecule has 0 saturated carbocycles. The zero-order valence-electron chi connectivity index (χ0n) is 19.2. The summed E-state index contributed by atoms with van der Waals surface area (Å²) in [6, 6.07) is 9.32. The first kappa shape index (κ1) is 26.5. The number of non-ortho nitro benzene ring substituents is 1. The second-order valence-electron chi connectivity index (χ2n) is 8.28. The van der Waals surface area contributed by atoms with Crippen molar-refractivity contribution in [3.05, 3.63) is 63.2 Å². The molecule has 1 fully saturated rings. The number of nitrogens with zero attached hydrogens (tertiary/aromatic N) is 2. The van der Waals surface area contributed by atoms with E-state index in [1.54, 1.807) is 24.3 Å². The standard InChI is InChI=1S/C22H26ClN5O6S/c1-14-5-8-18(9-6-14)35(33,34)27-11-3-4-16(13-27)22(30)26-25-15(2)21(29)24-20-10-7-17(28(31)32)12-19(20)23/h5-10,12,15-16,25H,3-4,11,13H2,1-2H3,(H,24,29)(H,26,30)/t15-,16+/m0/s1. The van der Waals surface area contributed by atoms with E-state index in [2.05, 4.69) is 16.2 Å². The third-order valence-corrected chi connectivity index (χ3v) is 7.83. The molecule has 1 aliphatic rings. The third kappa shape index (κ3) is 6.54. The predicted molar refractivity (Wildman–Crippen MR) is 130 cm³/mol. The molecule has 3 N–H and O–H groups in total. The second kappa shape index (κ2) is 11.1. The molecule has 35 heavy (non-hydrogen) atoms. The first-order valence-corrected chi connectivity index (χ1v) is 12.7. The van der Waals surface area contributed by atoms with Crippen LogP contribution in [-0.4, -0.2) is 48.6 Å². The van der Waals surface area contributed by atoms with Gasteiger partial charge in [0, 0.05) is 25.2 Å². The Balaban J connectivity index is 1.55. The normalized spacial score (nSPS) is 17.4. The van der Waals surface area contributed by atoms with Crippen LogP contribution in [0.25, 0.3) is 0 Å². The Morgan fingerprint density at radius 1 is 1.20 bits per heavy atom. The molecule has 0 aromatic heterocycles. The quantitative estimate of drug-likeness (QED) is 0.355. The summed E-state index contributed by atoms with van der Waals surface area (Å²) >= 11 is 5.99. The van der Waals surface area contributed by atoms with Gasteiger partial charge in [0.25, 0.3) is 5.69 Å². The topological polar surface area (TPSA) is 151 Å². The first-order chi connectivity index (χ1) is 16.5.